The van der Waals surface area contributed by atoms with Gasteiger partial charge in [-0.15, -0.1) is 0 Å². The fourth-order valence-electron chi connectivity index (χ4n) is 9.42. The third kappa shape index (κ3) is 16.6. The van der Waals surface area contributed by atoms with Crippen LogP contribution >= 0.6 is 23.2 Å². The molecule has 2 aliphatic rings. The highest BCUT2D eigenvalue weighted by atomic mass is 35.5. The molecule has 1 fully saturated rings. The lowest BCUT2D eigenvalue weighted by atomic mass is 9.78. The number of hydrogen-bond donors (Lipinski definition) is 6. The van der Waals surface area contributed by atoms with Gasteiger partial charge >= 0.3 is 6.18 Å². The molecule has 0 aromatic heterocycles. The van der Waals surface area contributed by atoms with Crippen molar-refractivity contribution in [3.8, 4) is 0 Å². The summed E-state index contributed by atoms with van der Waals surface area (Å²) in [4.78, 5) is 13.5. The molecule has 0 heterocycles. The molecule has 5 aromatic carbocycles. The van der Waals surface area contributed by atoms with Crippen molar-refractivity contribution in [2.75, 3.05) is 9.44 Å². The molecule has 0 radical (unpaired) electrons. The number of allylic oxidation sites excluding steroid dienone is 5. The van der Waals surface area contributed by atoms with Crippen molar-refractivity contribution in [2.24, 2.45) is 0 Å². The molecule has 18 heteroatoms. The van der Waals surface area contributed by atoms with Gasteiger partial charge in [0.15, 0.2) is 0 Å². The highest BCUT2D eigenvalue weighted by molar-refractivity contribution is 8.02. The first kappa shape index (κ1) is 63.7. The second-order valence-electron chi connectivity index (χ2n) is 22.0. The van der Waals surface area contributed by atoms with Gasteiger partial charge in [0.2, 0.25) is 0 Å². The first-order valence-corrected chi connectivity index (χ1v) is 30.4. The van der Waals surface area contributed by atoms with Crippen LogP contribution in [0.1, 0.15) is 127 Å². The van der Waals surface area contributed by atoms with E-state index in [0.717, 1.165) is 49.0 Å². The number of amides is 1. The molecule has 6 N–H and O–H groups in total. The topological polar surface area (TPSA) is 140 Å². The largest absolute Gasteiger partial charge is 0.513 e. The zero-order valence-electron chi connectivity index (χ0n) is 46.7. The van der Waals surface area contributed by atoms with Gasteiger partial charge in [-0.2, -0.15) is 13.2 Å². The van der Waals surface area contributed by atoms with Crippen molar-refractivity contribution in [1.82, 2.24) is 10.6 Å². The van der Waals surface area contributed by atoms with Crippen LogP contribution in [0.5, 0.6) is 0 Å². The van der Waals surface area contributed by atoms with Crippen molar-refractivity contribution >= 4 is 77.3 Å². The van der Waals surface area contributed by atoms with Gasteiger partial charge in [0, 0.05) is 52.3 Å². The summed E-state index contributed by atoms with van der Waals surface area (Å²) in [5.41, 5.74) is 6.43. The average Bonchev–Trinajstić information content (AvgIpc) is 3.39. The zero-order chi connectivity index (χ0) is 60.2. The Labute approximate surface area is 484 Å². The van der Waals surface area contributed by atoms with Crippen LogP contribution < -0.4 is 20.1 Å². The smallest absolute Gasteiger partial charge is 0.416 e. The van der Waals surface area contributed by atoms with Gasteiger partial charge in [0.25, 0.3) is 5.91 Å². The number of alkyl halides is 3. The number of carbonyl (C=O) groups is 1. The van der Waals surface area contributed by atoms with E-state index in [0.29, 0.717) is 77.9 Å². The fraction of sp³-hybridized carbons (Fsp3) is 0.317. The minimum absolute atomic E-state index is 0.0311. The SMILES string of the molecule is C=C(O)Cc1cc(C)c(Cc2ccc(C(=O)NC3(C)CCC3)cc2NS(=C)(=O)c2ccc(C)cc2Cl)cc1F.C=C(O)Cc1cc(Cl)c(Cc2ccc(C(=C)NC(C)(C)CC)cc2NS(=C)(=O)C2CC=C(C(F)(F)F)C=C2C)cc1F. The van der Waals surface area contributed by atoms with Crippen molar-refractivity contribution in [3.63, 3.8) is 0 Å². The lowest BCUT2D eigenvalue weighted by molar-refractivity contribution is -0.0887. The van der Waals surface area contributed by atoms with E-state index in [1.54, 1.807) is 48.5 Å². The minimum atomic E-state index is -4.50. The second kappa shape index (κ2) is 25.4. The summed E-state index contributed by atoms with van der Waals surface area (Å²) >= 11 is 12.9. The number of halogens is 7. The number of hydrogen-bond acceptors (Lipinski definition) is 6. The second-order valence-corrected chi connectivity index (χ2v) is 27.0. The van der Waals surface area contributed by atoms with Crippen LogP contribution in [0.25, 0.3) is 5.70 Å². The normalized spacial score (nSPS) is 16.4. The number of nitrogens with one attached hydrogen (secondary N) is 4. The Hall–Kier alpha value is -6.46. The molecule has 3 atom stereocenters. The van der Waals surface area contributed by atoms with E-state index in [2.05, 4.69) is 51.6 Å². The number of benzene rings is 5. The van der Waals surface area contributed by atoms with Crippen LogP contribution in [0, 0.1) is 25.5 Å². The summed E-state index contributed by atoms with van der Waals surface area (Å²) in [6, 6.07) is 21.6. The molecule has 7 rings (SSSR count). The maximum atomic E-state index is 14.8. The molecule has 1 amide bonds. The quantitative estimate of drug-likeness (QED) is 0.0261. The van der Waals surface area contributed by atoms with Gasteiger partial charge in [-0.25, -0.2) is 17.2 Å². The van der Waals surface area contributed by atoms with Crippen LogP contribution in [0.3, 0.4) is 0 Å². The molecule has 0 spiro atoms. The van der Waals surface area contributed by atoms with Crippen LogP contribution in [-0.4, -0.2) is 58.8 Å². The van der Waals surface area contributed by atoms with Crippen molar-refractivity contribution in [1.29, 1.82) is 0 Å². The van der Waals surface area contributed by atoms with Crippen molar-refractivity contribution in [3.05, 3.63) is 211 Å². The van der Waals surface area contributed by atoms with Crippen molar-refractivity contribution in [2.45, 2.75) is 134 Å². The minimum Gasteiger partial charge on any atom is -0.513 e. The van der Waals surface area contributed by atoms with Crippen molar-refractivity contribution < 1.29 is 45.4 Å². The van der Waals surface area contributed by atoms with Gasteiger partial charge < -0.3 is 30.3 Å². The summed E-state index contributed by atoms with van der Waals surface area (Å²) in [7, 11) is -6.33. The van der Waals surface area contributed by atoms with E-state index >= 15 is 0 Å². The molecule has 434 valence electrons. The Morgan fingerprint density at radius 3 is 1.84 bits per heavy atom. The molecule has 3 unspecified atom stereocenters. The molecule has 81 heavy (non-hydrogen) atoms. The van der Waals surface area contributed by atoms with E-state index in [-0.39, 0.29) is 64.8 Å². The summed E-state index contributed by atoms with van der Waals surface area (Å²) in [5, 5.41) is 25.3. The number of carbonyl (C=O) groups excluding carboxylic acids is 1. The Morgan fingerprint density at radius 1 is 0.741 bits per heavy atom. The Bertz CT molecular complexity index is 3590. The van der Waals surface area contributed by atoms with E-state index in [9.17, 15) is 45.4 Å². The third-order valence-electron chi connectivity index (χ3n) is 14.6. The van der Waals surface area contributed by atoms with Crippen LogP contribution in [0.2, 0.25) is 10.0 Å². The lowest BCUT2D eigenvalue weighted by Crippen LogP contribution is -2.50. The summed E-state index contributed by atoms with van der Waals surface area (Å²) in [6.45, 7) is 24.4. The maximum absolute atomic E-state index is 14.8. The molecule has 2 aliphatic carbocycles. The molecule has 0 bridgehead atoms. The first-order chi connectivity index (χ1) is 37.6. The van der Waals surface area contributed by atoms with E-state index in [4.69, 9.17) is 23.2 Å². The standard InChI is InChI=1S/C32H37ClF4N2O2S.C31H34ClFN2O3S/c1-8-31(5,6)38-21(4)22-9-10-23(15-24-17-28(34)25(14-20(3)40)16-27(24)33)29(18-22)39-42(7,41)30-12-11-26(13-19(30)2)32(35,36)37;1-19-7-10-29(26(32)13-19)39(5,38)35-28-18-23(30(37)34-31(4)11-6-12-31)9-8-22(28)16-24-17-27(33)25(14-20(24)2)15-21(3)36/h9-11,13,16-18,30,38,40H,3-4,7-8,12,14-15H2,1-2,5-6H3,(H,39,41);7-10,13-14,17-18,36H,3,5-6,11-12,15-16H2,1-2,4H3,(H,34,37)(H,35,38). The number of aliphatic hydroxyl groups excluding tert-OH is 2. The molecule has 5 aromatic rings. The molecule has 1 saturated carbocycles. The molecule has 9 nitrogen and oxygen atoms in total. The van der Waals surface area contributed by atoms with E-state index in [1.165, 1.54) is 25.1 Å². The number of aryl methyl sites for hydroxylation is 2. The van der Waals surface area contributed by atoms with Crippen LogP contribution in [-0.2, 0) is 45.1 Å². The van der Waals surface area contributed by atoms with Crippen LogP contribution in [0.4, 0.5) is 33.3 Å². The first-order valence-electron chi connectivity index (χ1n) is 26.1. The van der Waals surface area contributed by atoms with Gasteiger partial charge in [0.1, 0.15) is 11.6 Å². The maximum Gasteiger partial charge on any atom is 0.416 e. The van der Waals surface area contributed by atoms with Gasteiger partial charge in [-0.3, -0.25) is 4.79 Å². The summed E-state index contributed by atoms with van der Waals surface area (Å²) in [5.74, 6) is 6.30. The summed E-state index contributed by atoms with van der Waals surface area (Å²) in [6.07, 6.45) is 1.57. The highest BCUT2D eigenvalue weighted by Crippen LogP contribution is 2.37. The zero-order valence-corrected chi connectivity index (χ0v) is 49.9. The molecule has 0 saturated heterocycles. The average molecular weight is 1190 g/mol. The molecular formula is C63H71Cl2F5N4O5S2. The highest BCUT2D eigenvalue weighted by Gasteiger charge is 2.37. The Kier molecular flexibility index (Phi) is 19.9. The van der Waals surface area contributed by atoms with Gasteiger partial charge in [-0.1, -0.05) is 97.9 Å². The number of anilines is 2. The van der Waals surface area contributed by atoms with Gasteiger partial charge in [0.05, 0.1) is 57.4 Å². The van der Waals surface area contributed by atoms with E-state index in [1.807, 2.05) is 53.7 Å². The van der Waals surface area contributed by atoms with Gasteiger partial charge in [-0.05, 0) is 190 Å². The predicted octanol–water partition coefficient (Wildman–Crippen LogP) is 15.8. The number of rotatable bonds is 20. The van der Waals surface area contributed by atoms with E-state index < -0.39 is 48.0 Å². The summed E-state index contributed by atoms with van der Waals surface area (Å²) < 4.78 is 103. The molecule has 0 aliphatic heterocycles. The number of aliphatic hydroxyl groups is 2. The third-order valence-corrected chi connectivity index (χ3v) is 19.0. The van der Waals surface area contributed by atoms with Crippen LogP contribution in [0.15, 0.2) is 138 Å². The Morgan fingerprint density at radius 2 is 1.30 bits per heavy atom. The monoisotopic (exact) mass is 1190 g/mol. The predicted molar refractivity (Wildman–Crippen MR) is 327 cm³/mol. The molecular weight excluding hydrogens is 1120 g/mol. The Balaban J connectivity index is 0.000000261. The lowest BCUT2D eigenvalue weighted by Gasteiger charge is -2.39. The fourth-order valence-corrected chi connectivity index (χ4v) is 13.4.